The normalized spacial score (nSPS) is 15.2. The number of nitrogens with zero attached hydrogens (tertiary/aromatic N) is 1. The molecule has 170 valence electrons. The molecule has 1 aliphatic heterocycles. The van der Waals surface area contributed by atoms with Crippen molar-refractivity contribution in [3.8, 4) is 5.75 Å². The Balaban J connectivity index is 1.58. The van der Waals surface area contributed by atoms with E-state index in [1.165, 1.54) is 17.5 Å². The van der Waals surface area contributed by atoms with E-state index in [-0.39, 0.29) is 17.9 Å². The SMILES string of the molecule is COC(=O)c1cccc(NC(=O)[C@H]2CN(S(=O)(=O)Cc3ccccc3)c3ccccc3O2)c1. The van der Waals surface area contributed by atoms with Gasteiger partial charge in [0.2, 0.25) is 10.0 Å². The van der Waals surface area contributed by atoms with Crippen molar-refractivity contribution in [1.29, 1.82) is 0 Å². The highest BCUT2D eigenvalue weighted by Gasteiger charge is 2.36. The van der Waals surface area contributed by atoms with E-state index in [4.69, 9.17) is 9.47 Å². The molecule has 3 aromatic rings. The minimum Gasteiger partial charge on any atom is -0.476 e. The van der Waals surface area contributed by atoms with Crippen LogP contribution in [0, 0.1) is 0 Å². The van der Waals surface area contributed by atoms with Crippen LogP contribution in [-0.2, 0) is 25.3 Å². The van der Waals surface area contributed by atoms with Crippen LogP contribution in [0.15, 0.2) is 78.9 Å². The Bertz CT molecular complexity index is 1280. The van der Waals surface area contributed by atoms with Crippen molar-refractivity contribution in [3.63, 3.8) is 0 Å². The van der Waals surface area contributed by atoms with E-state index in [0.29, 0.717) is 22.7 Å². The van der Waals surface area contributed by atoms with Gasteiger partial charge < -0.3 is 14.8 Å². The van der Waals surface area contributed by atoms with Gasteiger partial charge in [0, 0.05) is 5.69 Å². The fraction of sp³-hybridized carbons (Fsp3) is 0.167. The first-order valence-corrected chi connectivity index (χ1v) is 11.8. The predicted octanol–water partition coefficient (Wildman–Crippen LogP) is 3.21. The molecule has 1 amide bonds. The summed E-state index contributed by atoms with van der Waals surface area (Å²) >= 11 is 0. The summed E-state index contributed by atoms with van der Waals surface area (Å²) in [7, 11) is -2.53. The lowest BCUT2D eigenvalue weighted by Gasteiger charge is -2.34. The van der Waals surface area contributed by atoms with Crippen molar-refractivity contribution in [3.05, 3.63) is 90.0 Å². The fourth-order valence-corrected chi connectivity index (χ4v) is 5.11. The largest absolute Gasteiger partial charge is 0.476 e. The maximum atomic E-state index is 13.3. The second-order valence-corrected chi connectivity index (χ2v) is 9.30. The molecule has 0 aromatic heterocycles. The molecule has 1 atom stereocenters. The van der Waals surface area contributed by atoms with Crippen LogP contribution in [0.1, 0.15) is 15.9 Å². The average molecular weight is 467 g/mol. The Morgan fingerprint density at radius 3 is 2.52 bits per heavy atom. The minimum absolute atomic E-state index is 0.186. The predicted molar refractivity (Wildman–Crippen MR) is 124 cm³/mol. The second-order valence-electron chi connectivity index (χ2n) is 7.41. The first-order valence-electron chi connectivity index (χ1n) is 10.2. The molecule has 0 fully saturated rings. The Labute approximate surface area is 191 Å². The van der Waals surface area contributed by atoms with Crippen LogP contribution in [0.3, 0.4) is 0 Å². The summed E-state index contributed by atoms with van der Waals surface area (Å²) in [5.41, 5.74) is 1.66. The zero-order chi connectivity index (χ0) is 23.4. The summed E-state index contributed by atoms with van der Waals surface area (Å²) in [5.74, 6) is -0.986. The monoisotopic (exact) mass is 466 g/mol. The number of carbonyl (C=O) groups is 2. The zero-order valence-electron chi connectivity index (χ0n) is 17.8. The van der Waals surface area contributed by atoms with Gasteiger partial charge in [0.05, 0.1) is 30.7 Å². The molecular weight excluding hydrogens is 444 g/mol. The lowest BCUT2D eigenvalue weighted by Crippen LogP contribution is -2.49. The third-order valence-electron chi connectivity index (χ3n) is 5.11. The summed E-state index contributed by atoms with van der Waals surface area (Å²) in [6, 6.07) is 21.8. The molecule has 1 heterocycles. The number of amides is 1. The molecular formula is C24H22N2O6S. The van der Waals surface area contributed by atoms with E-state index in [2.05, 4.69) is 5.32 Å². The molecule has 0 unspecified atom stereocenters. The van der Waals surface area contributed by atoms with Gasteiger partial charge in [0.15, 0.2) is 6.10 Å². The maximum Gasteiger partial charge on any atom is 0.337 e. The van der Waals surface area contributed by atoms with Crippen molar-refractivity contribution in [2.75, 3.05) is 23.3 Å². The molecule has 33 heavy (non-hydrogen) atoms. The van der Waals surface area contributed by atoms with E-state index < -0.39 is 28.0 Å². The van der Waals surface area contributed by atoms with Crippen LogP contribution in [0.25, 0.3) is 0 Å². The van der Waals surface area contributed by atoms with Gasteiger partial charge in [-0.05, 0) is 35.9 Å². The molecule has 9 heteroatoms. The first-order chi connectivity index (χ1) is 15.9. The molecule has 0 radical (unpaired) electrons. The Kier molecular flexibility index (Phi) is 6.32. The minimum atomic E-state index is -3.80. The number of benzene rings is 3. The van der Waals surface area contributed by atoms with Crippen LogP contribution in [-0.4, -0.2) is 40.1 Å². The molecule has 0 spiro atoms. The van der Waals surface area contributed by atoms with Gasteiger partial charge >= 0.3 is 5.97 Å². The van der Waals surface area contributed by atoms with Crippen molar-refractivity contribution in [2.24, 2.45) is 0 Å². The zero-order valence-corrected chi connectivity index (χ0v) is 18.6. The fourth-order valence-electron chi connectivity index (χ4n) is 3.53. The number of methoxy groups -OCH3 is 1. The Hall–Kier alpha value is -3.85. The summed E-state index contributed by atoms with van der Waals surface area (Å²) in [6.07, 6.45) is -1.09. The summed E-state index contributed by atoms with van der Waals surface area (Å²) in [4.78, 5) is 24.7. The number of ether oxygens (including phenoxy) is 2. The van der Waals surface area contributed by atoms with E-state index in [1.54, 1.807) is 66.7 Å². The van der Waals surface area contributed by atoms with E-state index in [1.807, 2.05) is 6.07 Å². The number of hydrogen-bond acceptors (Lipinski definition) is 6. The topological polar surface area (TPSA) is 102 Å². The van der Waals surface area contributed by atoms with Crippen LogP contribution in [0.4, 0.5) is 11.4 Å². The lowest BCUT2D eigenvalue weighted by atomic mass is 10.2. The van der Waals surface area contributed by atoms with Crippen LogP contribution in [0.2, 0.25) is 0 Å². The number of anilines is 2. The summed E-state index contributed by atoms with van der Waals surface area (Å²) in [5, 5.41) is 2.69. The Morgan fingerprint density at radius 2 is 1.76 bits per heavy atom. The number of esters is 1. The molecule has 0 saturated heterocycles. The highest BCUT2D eigenvalue weighted by molar-refractivity contribution is 7.92. The lowest BCUT2D eigenvalue weighted by molar-refractivity contribution is -0.122. The standard InChI is InChI=1S/C24H22N2O6S/c1-31-24(28)18-10-7-11-19(14-18)25-23(27)22-15-26(20-12-5-6-13-21(20)32-22)33(29,30)16-17-8-3-2-4-9-17/h2-14,22H,15-16H2,1H3,(H,25,27)/t22-/m1/s1. The molecule has 0 bridgehead atoms. The van der Waals surface area contributed by atoms with E-state index in [0.717, 1.165) is 0 Å². The van der Waals surface area contributed by atoms with Crippen LogP contribution < -0.4 is 14.4 Å². The van der Waals surface area contributed by atoms with Gasteiger partial charge in [0.1, 0.15) is 5.75 Å². The van der Waals surface area contributed by atoms with Crippen LogP contribution in [0.5, 0.6) is 5.75 Å². The summed E-state index contributed by atoms with van der Waals surface area (Å²) in [6.45, 7) is -0.186. The number of para-hydroxylation sites is 2. The molecule has 0 aliphatic carbocycles. The third kappa shape index (κ3) is 4.98. The van der Waals surface area contributed by atoms with Crippen molar-refractivity contribution in [2.45, 2.75) is 11.9 Å². The number of fused-ring (bicyclic) bond motifs is 1. The highest BCUT2D eigenvalue weighted by Crippen LogP contribution is 2.36. The van der Waals surface area contributed by atoms with Gasteiger partial charge in [-0.2, -0.15) is 0 Å². The molecule has 1 N–H and O–H groups in total. The smallest absolute Gasteiger partial charge is 0.337 e. The second kappa shape index (κ2) is 9.33. The van der Waals surface area contributed by atoms with Gasteiger partial charge in [-0.3, -0.25) is 9.10 Å². The van der Waals surface area contributed by atoms with E-state index >= 15 is 0 Å². The highest BCUT2D eigenvalue weighted by atomic mass is 32.2. The van der Waals surface area contributed by atoms with Crippen molar-refractivity contribution < 1.29 is 27.5 Å². The molecule has 4 rings (SSSR count). The maximum absolute atomic E-state index is 13.3. The van der Waals surface area contributed by atoms with E-state index in [9.17, 15) is 18.0 Å². The van der Waals surface area contributed by atoms with Gasteiger partial charge in [-0.1, -0.05) is 48.5 Å². The number of nitrogens with one attached hydrogen (secondary N) is 1. The molecule has 0 saturated carbocycles. The first kappa shape index (κ1) is 22.3. The van der Waals surface area contributed by atoms with Gasteiger partial charge in [0.25, 0.3) is 5.91 Å². The Morgan fingerprint density at radius 1 is 1.03 bits per heavy atom. The van der Waals surface area contributed by atoms with Gasteiger partial charge in [-0.15, -0.1) is 0 Å². The quantitative estimate of drug-likeness (QED) is 0.560. The number of carbonyl (C=O) groups excluding carboxylic acids is 2. The van der Waals surface area contributed by atoms with Gasteiger partial charge in [-0.25, -0.2) is 13.2 Å². The molecule has 8 nitrogen and oxygen atoms in total. The van der Waals surface area contributed by atoms with Crippen LogP contribution >= 0.6 is 0 Å². The number of hydrogen-bond donors (Lipinski definition) is 1. The average Bonchev–Trinajstić information content (AvgIpc) is 2.83. The number of rotatable bonds is 6. The molecule has 1 aliphatic rings. The number of sulfonamides is 1. The van der Waals surface area contributed by atoms with Crippen molar-refractivity contribution >= 4 is 33.3 Å². The van der Waals surface area contributed by atoms with Crippen molar-refractivity contribution in [1.82, 2.24) is 0 Å². The third-order valence-corrected chi connectivity index (χ3v) is 6.82. The molecule has 3 aromatic carbocycles. The summed E-state index contributed by atoms with van der Waals surface area (Å²) < 4.78 is 38.3.